The number of hydrogen-bond donors (Lipinski definition) is 2. The average Bonchev–Trinajstić information content (AvgIpc) is 2.17. The fraction of sp³-hybridized carbons (Fsp3) is 0.222. The van der Waals surface area contributed by atoms with Gasteiger partial charge in [0.1, 0.15) is 0 Å². The third-order valence-electron chi connectivity index (χ3n) is 1.97. The summed E-state index contributed by atoms with van der Waals surface area (Å²) in [5, 5.41) is 11.7. The maximum absolute atomic E-state index is 11.0. The fourth-order valence-electron chi connectivity index (χ4n) is 1.33. The topological polar surface area (TPSA) is 67.8 Å². The molecule has 2 N–H and O–H groups in total. The van der Waals surface area contributed by atoms with Crippen molar-refractivity contribution in [3.63, 3.8) is 0 Å². The van der Waals surface area contributed by atoms with Gasteiger partial charge in [0, 0.05) is 5.56 Å². The standard InChI is InChI=1S/C9H9NO4/c1-13-6-4-2-3-5-7(6)14-9(12)10-8(5)11/h2-4,8,11H,1H3,(H,10,12). The molecule has 1 heterocycles. The minimum Gasteiger partial charge on any atom is -0.493 e. The molecule has 74 valence electrons. The first kappa shape index (κ1) is 8.83. The molecule has 0 saturated carbocycles. The number of hydrogen-bond acceptors (Lipinski definition) is 4. The van der Waals surface area contributed by atoms with Crippen molar-refractivity contribution in [1.82, 2.24) is 5.32 Å². The lowest BCUT2D eigenvalue weighted by Crippen LogP contribution is -2.35. The Hall–Kier alpha value is -1.75. The minimum absolute atomic E-state index is 0.270. The summed E-state index contributed by atoms with van der Waals surface area (Å²) in [4.78, 5) is 11.0. The van der Waals surface area contributed by atoms with Crippen molar-refractivity contribution in [2.45, 2.75) is 6.23 Å². The van der Waals surface area contributed by atoms with Gasteiger partial charge in [-0.2, -0.15) is 0 Å². The SMILES string of the molecule is COc1cccc2c1OC(=O)NC2O. The quantitative estimate of drug-likeness (QED) is 0.695. The van der Waals surface area contributed by atoms with Gasteiger partial charge < -0.3 is 14.6 Å². The highest BCUT2D eigenvalue weighted by Gasteiger charge is 2.26. The number of fused-ring (bicyclic) bond motifs is 1. The van der Waals surface area contributed by atoms with E-state index in [0.717, 1.165) is 0 Å². The van der Waals surface area contributed by atoms with E-state index >= 15 is 0 Å². The van der Waals surface area contributed by atoms with Gasteiger partial charge in [-0.1, -0.05) is 12.1 Å². The summed E-state index contributed by atoms with van der Waals surface area (Å²) in [5.74, 6) is 0.697. The van der Waals surface area contributed by atoms with E-state index in [2.05, 4.69) is 5.32 Å². The summed E-state index contributed by atoms with van der Waals surface area (Å²) in [6, 6.07) is 5.02. The minimum atomic E-state index is -1.04. The van der Waals surface area contributed by atoms with Gasteiger partial charge in [0.25, 0.3) is 0 Å². The molecule has 0 bridgehead atoms. The summed E-state index contributed by atoms with van der Waals surface area (Å²) >= 11 is 0. The molecule has 14 heavy (non-hydrogen) atoms. The zero-order valence-electron chi connectivity index (χ0n) is 7.48. The van der Waals surface area contributed by atoms with Crippen molar-refractivity contribution in [2.24, 2.45) is 0 Å². The van der Waals surface area contributed by atoms with E-state index in [9.17, 15) is 9.90 Å². The Morgan fingerprint density at radius 2 is 2.36 bits per heavy atom. The van der Waals surface area contributed by atoms with E-state index in [4.69, 9.17) is 9.47 Å². The number of amides is 1. The molecule has 2 rings (SSSR count). The van der Waals surface area contributed by atoms with Crippen molar-refractivity contribution in [2.75, 3.05) is 7.11 Å². The third-order valence-corrected chi connectivity index (χ3v) is 1.97. The second-order valence-electron chi connectivity index (χ2n) is 2.82. The highest BCUT2D eigenvalue weighted by Crippen LogP contribution is 2.36. The Bertz CT molecular complexity index is 377. The highest BCUT2D eigenvalue weighted by atomic mass is 16.6. The Morgan fingerprint density at radius 3 is 3.07 bits per heavy atom. The third kappa shape index (κ3) is 1.27. The number of ether oxygens (including phenoxy) is 2. The fourth-order valence-corrected chi connectivity index (χ4v) is 1.33. The Labute approximate surface area is 80.3 Å². The average molecular weight is 195 g/mol. The molecule has 1 aromatic carbocycles. The summed E-state index contributed by atoms with van der Waals surface area (Å²) < 4.78 is 9.88. The van der Waals surface area contributed by atoms with Crippen molar-refractivity contribution < 1.29 is 19.4 Å². The van der Waals surface area contributed by atoms with Crippen LogP contribution in [0, 0.1) is 0 Å². The van der Waals surface area contributed by atoms with Crippen LogP contribution in [-0.4, -0.2) is 18.3 Å². The largest absolute Gasteiger partial charge is 0.493 e. The molecule has 0 aromatic heterocycles. The molecular formula is C9H9NO4. The van der Waals surface area contributed by atoms with Crippen LogP contribution in [0.15, 0.2) is 18.2 Å². The summed E-state index contributed by atoms with van der Waals surface area (Å²) in [6.45, 7) is 0. The van der Waals surface area contributed by atoms with Crippen molar-refractivity contribution in [1.29, 1.82) is 0 Å². The molecule has 1 aliphatic rings. The van der Waals surface area contributed by atoms with E-state index < -0.39 is 12.3 Å². The van der Waals surface area contributed by atoms with E-state index in [1.807, 2.05) is 0 Å². The first-order chi connectivity index (χ1) is 6.72. The molecule has 0 fully saturated rings. The molecule has 5 nitrogen and oxygen atoms in total. The number of aliphatic hydroxyl groups is 1. The first-order valence-corrected chi connectivity index (χ1v) is 4.05. The van der Waals surface area contributed by atoms with Crippen LogP contribution in [0.4, 0.5) is 4.79 Å². The van der Waals surface area contributed by atoms with Crippen molar-refractivity contribution in [3.05, 3.63) is 23.8 Å². The van der Waals surface area contributed by atoms with Gasteiger partial charge >= 0.3 is 6.09 Å². The van der Waals surface area contributed by atoms with Gasteiger partial charge in [-0.05, 0) is 6.07 Å². The number of benzene rings is 1. The summed E-state index contributed by atoms with van der Waals surface area (Å²) in [7, 11) is 1.47. The molecule has 1 aliphatic heterocycles. The number of nitrogens with one attached hydrogen (secondary N) is 1. The number of carbonyl (C=O) groups excluding carboxylic acids is 1. The molecule has 0 aliphatic carbocycles. The van der Waals surface area contributed by atoms with Gasteiger partial charge in [0.2, 0.25) is 0 Å². The van der Waals surface area contributed by atoms with E-state index in [1.54, 1.807) is 18.2 Å². The molecule has 1 amide bonds. The van der Waals surface area contributed by atoms with E-state index in [1.165, 1.54) is 7.11 Å². The second-order valence-corrected chi connectivity index (χ2v) is 2.82. The first-order valence-electron chi connectivity index (χ1n) is 4.05. The van der Waals surface area contributed by atoms with Crippen LogP contribution in [0.25, 0.3) is 0 Å². The number of methoxy groups -OCH3 is 1. The molecule has 0 spiro atoms. The zero-order chi connectivity index (χ0) is 10.1. The number of para-hydroxylation sites is 1. The van der Waals surface area contributed by atoms with Crippen LogP contribution in [0.5, 0.6) is 11.5 Å². The van der Waals surface area contributed by atoms with E-state index in [0.29, 0.717) is 11.3 Å². The smallest absolute Gasteiger partial charge is 0.415 e. The van der Waals surface area contributed by atoms with Crippen LogP contribution >= 0.6 is 0 Å². The monoisotopic (exact) mass is 195 g/mol. The van der Waals surface area contributed by atoms with Gasteiger partial charge in [-0.25, -0.2) is 4.79 Å². The molecule has 0 saturated heterocycles. The lowest BCUT2D eigenvalue weighted by molar-refractivity contribution is 0.107. The predicted octanol–water partition coefficient (Wildman–Crippen LogP) is 0.788. The zero-order valence-corrected chi connectivity index (χ0v) is 7.48. The van der Waals surface area contributed by atoms with Gasteiger partial charge in [-0.3, -0.25) is 5.32 Å². The number of aliphatic hydroxyl groups excluding tert-OH is 1. The Balaban J connectivity index is 2.52. The lowest BCUT2D eigenvalue weighted by Gasteiger charge is -2.23. The van der Waals surface area contributed by atoms with Crippen molar-refractivity contribution >= 4 is 6.09 Å². The van der Waals surface area contributed by atoms with Gasteiger partial charge in [-0.15, -0.1) is 0 Å². The summed E-state index contributed by atoms with van der Waals surface area (Å²) in [6.07, 6.45) is -1.73. The normalized spacial score (nSPS) is 19.3. The lowest BCUT2D eigenvalue weighted by atomic mass is 10.1. The van der Waals surface area contributed by atoms with Crippen LogP contribution in [0.1, 0.15) is 11.8 Å². The molecule has 1 unspecified atom stereocenters. The Kier molecular flexibility index (Phi) is 2.01. The maximum atomic E-state index is 11.0. The summed E-state index contributed by atoms with van der Waals surface area (Å²) in [5.41, 5.74) is 0.490. The van der Waals surface area contributed by atoms with Crippen LogP contribution in [0.3, 0.4) is 0 Å². The number of carbonyl (C=O) groups is 1. The van der Waals surface area contributed by atoms with Crippen LogP contribution in [-0.2, 0) is 0 Å². The molecular weight excluding hydrogens is 186 g/mol. The van der Waals surface area contributed by atoms with Gasteiger partial charge in [0.15, 0.2) is 17.7 Å². The van der Waals surface area contributed by atoms with Crippen molar-refractivity contribution in [3.8, 4) is 11.5 Å². The molecule has 0 radical (unpaired) electrons. The number of rotatable bonds is 1. The maximum Gasteiger partial charge on any atom is 0.415 e. The second kappa shape index (κ2) is 3.19. The molecule has 1 aromatic rings. The van der Waals surface area contributed by atoms with Gasteiger partial charge in [0.05, 0.1) is 7.11 Å². The Morgan fingerprint density at radius 1 is 1.57 bits per heavy atom. The van der Waals surface area contributed by atoms with E-state index in [-0.39, 0.29) is 5.75 Å². The predicted molar refractivity (Wildman–Crippen MR) is 47.1 cm³/mol. The van der Waals surface area contributed by atoms with Crippen LogP contribution < -0.4 is 14.8 Å². The molecule has 5 heteroatoms. The highest BCUT2D eigenvalue weighted by molar-refractivity contribution is 5.75. The molecule has 1 atom stereocenters. The van der Waals surface area contributed by atoms with Crippen LogP contribution in [0.2, 0.25) is 0 Å².